The van der Waals surface area contributed by atoms with Crippen LogP contribution < -0.4 is 10.6 Å². The van der Waals surface area contributed by atoms with E-state index in [1.165, 1.54) is 12.8 Å². The van der Waals surface area contributed by atoms with E-state index in [-0.39, 0.29) is 11.8 Å². The van der Waals surface area contributed by atoms with Crippen LogP contribution in [0.3, 0.4) is 0 Å². The summed E-state index contributed by atoms with van der Waals surface area (Å²) >= 11 is 0. The van der Waals surface area contributed by atoms with Gasteiger partial charge in [0.2, 0.25) is 5.91 Å². The number of rotatable bonds is 5. The zero-order chi connectivity index (χ0) is 21.7. The molecule has 2 N–H and O–H groups in total. The number of nitriles is 1. The minimum Gasteiger partial charge on any atom is -0.310 e. The Kier molecular flexibility index (Phi) is 4.54. The lowest BCUT2D eigenvalue weighted by Gasteiger charge is -2.25. The summed E-state index contributed by atoms with van der Waals surface area (Å²) in [6, 6.07) is 14.2. The molecular weight excluding hydrogens is 400 g/mol. The van der Waals surface area contributed by atoms with Gasteiger partial charge < -0.3 is 10.6 Å². The van der Waals surface area contributed by atoms with Crippen molar-refractivity contribution in [1.82, 2.24) is 20.1 Å². The summed E-state index contributed by atoms with van der Waals surface area (Å²) in [6.07, 6.45) is 6.21. The topological polar surface area (TPSA) is 95.6 Å². The molecule has 2 aliphatic carbocycles. The number of aromatic nitrogens is 3. The first-order valence-corrected chi connectivity index (χ1v) is 11.3. The molecule has 32 heavy (non-hydrogen) atoms. The predicted molar refractivity (Wildman–Crippen MR) is 120 cm³/mol. The van der Waals surface area contributed by atoms with Crippen LogP contribution in [-0.4, -0.2) is 26.7 Å². The summed E-state index contributed by atoms with van der Waals surface area (Å²) in [7, 11) is 0. The van der Waals surface area contributed by atoms with Crippen LogP contribution in [0.5, 0.6) is 0 Å². The minimum atomic E-state index is 0.0440. The van der Waals surface area contributed by atoms with Gasteiger partial charge in [-0.05, 0) is 61.4 Å². The number of nitrogens with one attached hydrogen (secondary N) is 2. The maximum absolute atomic E-state index is 12.3. The van der Waals surface area contributed by atoms with E-state index in [2.05, 4.69) is 26.4 Å². The molecule has 1 atom stereocenters. The molecule has 1 aromatic carbocycles. The lowest BCUT2D eigenvalue weighted by atomic mass is 9.97. The van der Waals surface area contributed by atoms with Crippen molar-refractivity contribution < 1.29 is 4.79 Å². The van der Waals surface area contributed by atoms with Gasteiger partial charge in [0.1, 0.15) is 11.5 Å². The molecule has 0 unspecified atom stereocenters. The quantitative estimate of drug-likeness (QED) is 0.651. The Morgan fingerprint density at radius 2 is 2.03 bits per heavy atom. The summed E-state index contributed by atoms with van der Waals surface area (Å²) in [5, 5.41) is 21.1. The number of pyridine rings is 1. The number of hydrogen-bond donors (Lipinski definition) is 2. The number of hydrogen-bond acceptors (Lipinski definition) is 5. The van der Waals surface area contributed by atoms with E-state index in [0.717, 1.165) is 59.9 Å². The van der Waals surface area contributed by atoms with Crippen LogP contribution in [0.2, 0.25) is 0 Å². The maximum Gasteiger partial charge on any atom is 0.228 e. The smallest absolute Gasteiger partial charge is 0.228 e. The Morgan fingerprint density at radius 3 is 2.81 bits per heavy atom. The molecule has 0 spiro atoms. The van der Waals surface area contributed by atoms with Crippen molar-refractivity contribution in [3.05, 3.63) is 53.9 Å². The van der Waals surface area contributed by atoms with Crippen molar-refractivity contribution in [2.24, 2.45) is 11.8 Å². The van der Waals surface area contributed by atoms with Gasteiger partial charge in [-0.2, -0.15) is 10.4 Å². The monoisotopic (exact) mass is 424 g/mol. The van der Waals surface area contributed by atoms with Gasteiger partial charge in [0, 0.05) is 35.8 Å². The molecule has 1 aliphatic heterocycles. The number of amides is 1. The molecule has 160 valence electrons. The molecule has 2 aromatic heterocycles. The van der Waals surface area contributed by atoms with Crippen LogP contribution in [0.25, 0.3) is 22.4 Å². The third-order valence-corrected chi connectivity index (χ3v) is 6.66. The molecule has 3 heterocycles. The Morgan fingerprint density at radius 1 is 1.16 bits per heavy atom. The Labute approximate surface area is 186 Å². The predicted octanol–water partition coefficient (Wildman–Crippen LogP) is 3.71. The molecule has 2 fully saturated rings. The number of anilines is 1. The van der Waals surface area contributed by atoms with E-state index in [1.807, 2.05) is 36.4 Å². The van der Waals surface area contributed by atoms with Crippen molar-refractivity contribution in [3.8, 4) is 28.5 Å². The Bertz CT molecular complexity index is 1250. The third kappa shape index (κ3) is 3.57. The fourth-order valence-electron chi connectivity index (χ4n) is 4.59. The molecule has 7 nitrogen and oxygen atoms in total. The van der Waals surface area contributed by atoms with Crippen molar-refractivity contribution in [1.29, 1.82) is 5.26 Å². The van der Waals surface area contributed by atoms with Gasteiger partial charge in [-0.3, -0.25) is 9.48 Å². The highest BCUT2D eigenvalue weighted by atomic mass is 16.2. The Balaban J connectivity index is 1.44. The average molecular weight is 425 g/mol. The molecule has 3 aromatic rings. The highest BCUT2D eigenvalue weighted by Crippen LogP contribution is 2.40. The zero-order valence-electron chi connectivity index (χ0n) is 17.7. The summed E-state index contributed by atoms with van der Waals surface area (Å²) in [5.74, 6) is 1.47. The van der Waals surface area contributed by atoms with E-state index >= 15 is 0 Å². The molecule has 3 aliphatic rings. The van der Waals surface area contributed by atoms with Crippen molar-refractivity contribution in [2.75, 3.05) is 5.32 Å². The third-order valence-electron chi connectivity index (χ3n) is 6.66. The number of carbonyl (C=O) groups is 1. The largest absolute Gasteiger partial charge is 0.310 e. The lowest BCUT2D eigenvalue weighted by molar-refractivity contribution is -0.117. The van der Waals surface area contributed by atoms with E-state index in [4.69, 9.17) is 5.10 Å². The van der Waals surface area contributed by atoms with Crippen LogP contribution in [-0.2, 0) is 17.9 Å². The fraction of sp³-hybridized carbons (Fsp3) is 0.360. The first kappa shape index (κ1) is 19.2. The first-order chi connectivity index (χ1) is 15.7. The van der Waals surface area contributed by atoms with Gasteiger partial charge >= 0.3 is 0 Å². The lowest BCUT2D eigenvalue weighted by Crippen LogP contribution is -2.40. The van der Waals surface area contributed by atoms with Crippen LogP contribution in [0.1, 0.15) is 36.9 Å². The molecule has 1 amide bonds. The van der Waals surface area contributed by atoms with E-state index in [0.29, 0.717) is 17.4 Å². The second kappa shape index (κ2) is 7.57. The molecule has 0 saturated heterocycles. The number of benzene rings is 1. The van der Waals surface area contributed by atoms with Crippen molar-refractivity contribution in [2.45, 2.75) is 44.8 Å². The Hall–Kier alpha value is -3.50. The summed E-state index contributed by atoms with van der Waals surface area (Å²) < 4.78 is 2.13. The minimum absolute atomic E-state index is 0.0440. The highest BCUT2D eigenvalue weighted by molar-refractivity contribution is 5.94. The summed E-state index contributed by atoms with van der Waals surface area (Å²) in [6.45, 7) is 1.59. The van der Waals surface area contributed by atoms with Crippen LogP contribution in [0.15, 0.2) is 42.6 Å². The number of nitrogens with zero attached hydrogens (tertiary/aromatic N) is 4. The molecule has 6 rings (SSSR count). The standard InChI is InChI=1S/C25H24N6O/c26-12-15-2-1-3-19(10-15)24-23(21-13-28-20(16-4-5-16)14-31(21)30-24)18-8-9-27-22(11-18)29-25(32)17-6-7-17/h1-3,8-11,16-17,20,28H,4-7,13-14H2,(H,27,29,32)/t20-/m0/s1. The van der Waals surface area contributed by atoms with Crippen LogP contribution in [0.4, 0.5) is 5.82 Å². The molecule has 0 bridgehead atoms. The molecular formula is C25H24N6O. The van der Waals surface area contributed by atoms with Crippen LogP contribution >= 0.6 is 0 Å². The molecule has 7 heteroatoms. The normalized spacial score (nSPS) is 19.8. The van der Waals surface area contributed by atoms with Gasteiger partial charge in [-0.25, -0.2) is 4.98 Å². The van der Waals surface area contributed by atoms with Gasteiger partial charge in [0.25, 0.3) is 0 Å². The zero-order valence-corrected chi connectivity index (χ0v) is 17.7. The second-order valence-electron chi connectivity index (χ2n) is 9.06. The van der Waals surface area contributed by atoms with E-state index in [1.54, 1.807) is 6.20 Å². The van der Waals surface area contributed by atoms with Crippen LogP contribution in [0, 0.1) is 23.2 Å². The van der Waals surface area contributed by atoms with Gasteiger partial charge in [0.05, 0.1) is 23.9 Å². The first-order valence-electron chi connectivity index (χ1n) is 11.3. The fourth-order valence-corrected chi connectivity index (χ4v) is 4.59. The SMILES string of the molecule is N#Cc1cccc(-c2nn3c(c2-c2ccnc(NC(=O)C4CC4)c2)CN[C@H](C2CC2)C3)c1. The van der Waals surface area contributed by atoms with E-state index in [9.17, 15) is 10.1 Å². The second-order valence-corrected chi connectivity index (χ2v) is 9.06. The maximum atomic E-state index is 12.3. The highest BCUT2D eigenvalue weighted by Gasteiger charge is 2.35. The van der Waals surface area contributed by atoms with Crippen molar-refractivity contribution in [3.63, 3.8) is 0 Å². The van der Waals surface area contributed by atoms with Gasteiger partial charge in [-0.15, -0.1) is 0 Å². The average Bonchev–Trinajstić information content (AvgIpc) is 3.74. The number of fused-ring (bicyclic) bond motifs is 1. The summed E-state index contributed by atoms with van der Waals surface area (Å²) in [5.41, 5.74) is 5.53. The number of carbonyl (C=O) groups excluding carboxylic acids is 1. The van der Waals surface area contributed by atoms with Crippen molar-refractivity contribution >= 4 is 11.7 Å². The summed E-state index contributed by atoms with van der Waals surface area (Å²) in [4.78, 5) is 16.6. The van der Waals surface area contributed by atoms with E-state index < -0.39 is 0 Å². The molecule has 2 saturated carbocycles. The van der Waals surface area contributed by atoms with Gasteiger partial charge in [0.15, 0.2) is 0 Å². The van der Waals surface area contributed by atoms with Gasteiger partial charge in [-0.1, -0.05) is 12.1 Å². The molecule has 0 radical (unpaired) electrons.